The van der Waals surface area contributed by atoms with Crippen LogP contribution in [0.15, 0.2) is 28.9 Å². The molecule has 1 N–H and O–H groups in total. The Bertz CT molecular complexity index is 866. The molecule has 1 fully saturated rings. The second kappa shape index (κ2) is 6.48. The summed E-state index contributed by atoms with van der Waals surface area (Å²) in [4.78, 5) is 38.8. The molecule has 138 valence electrons. The van der Waals surface area contributed by atoms with Crippen LogP contribution in [-0.4, -0.2) is 33.7 Å². The molecule has 3 amide bonds. The van der Waals surface area contributed by atoms with Gasteiger partial charge in [-0.3, -0.25) is 14.5 Å². The molecule has 2 aromatic rings. The molecule has 0 radical (unpaired) electrons. The lowest BCUT2D eigenvalue weighted by Crippen LogP contribution is -2.41. The number of nitrogens with one attached hydrogen (secondary N) is 1. The van der Waals surface area contributed by atoms with Crippen molar-refractivity contribution >= 4 is 17.7 Å². The third-order valence-electron chi connectivity index (χ3n) is 4.91. The number of carbonyl (C=O) groups excluding carboxylic acids is 3. The molecule has 1 unspecified atom stereocenters. The maximum atomic E-state index is 12.8. The molecular weight excluding hydrogens is 334 g/mol. The van der Waals surface area contributed by atoms with E-state index in [4.69, 9.17) is 4.42 Å². The first-order valence-corrected chi connectivity index (χ1v) is 8.67. The Morgan fingerprint density at radius 3 is 2.65 bits per heavy atom. The van der Waals surface area contributed by atoms with Crippen LogP contribution in [0.5, 0.6) is 0 Å². The van der Waals surface area contributed by atoms with Crippen LogP contribution in [0.25, 0.3) is 0 Å². The molecule has 0 aromatic carbocycles. The molecular formula is C19H23N3O4. The number of urea groups is 1. The fourth-order valence-electron chi connectivity index (χ4n) is 3.45. The summed E-state index contributed by atoms with van der Waals surface area (Å²) in [6, 6.07) is 4.50. The lowest BCUT2D eigenvalue weighted by atomic mass is 9.99. The topological polar surface area (TPSA) is 84.6 Å². The fourth-order valence-corrected chi connectivity index (χ4v) is 3.45. The lowest BCUT2D eigenvalue weighted by molar-refractivity contribution is -0.131. The van der Waals surface area contributed by atoms with Gasteiger partial charge in [-0.15, -0.1) is 0 Å². The number of rotatable bonds is 6. The number of amides is 3. The zero-order valence-electron chi connectivity index (χ0n) is 15.5. The van der Waals surface area contributed by atoms with Crippen LogP contribution < -0.4 is 5.32 Å². The van der Waals surface area contributed by atoms with E-state index in [1.807, 2.05) is 19.9 Å². The van der Waals surface area contributed by atoms with Crippen molar-refractivity contribution < 1.29 is 18.8 Å². The van der Waals surface area contributed by atoms with Crippen molar-refractivity contribution in [3.63, 3.8) is 0 Å². The molecule has 7 nitrogen and oxygen atoms in total. The summed E-state index contributed by atoms with van der Waals surface area (Å²) in [5, 5.41) is 2.63. The smallest absolute Gasteiger partial charge is 0.325 e. The van der Waals surface area contributed by atoms with Gasteiger partial charge < -0.3 is 14.3 Å². The van der Waals surface area contributed by atoms with Crippen molar-refractivity contribution in [2.45, 2.75) is 46.2 Å². The molecule has 0 saturated carbocycles. The highest BCUT2D eigenvalue weighted by Gasteiger charge is 2.51. The number of hydrogen-bond donors (Lipinski definition) is 1. The first-order chi connectivity index (χ1) is 12.3. The molecule has 0 spiro atoms. The van der Waals surface area contributed by atoms with E-state index in [0.29, 0.717) is 11.3 Å². The Kier molecular flexibility index (Phi) is 4.48. The van der Waals surface area contributed by atoms with Gasteiger partial charge in [-0.2, -0.15) is 0 Å². The molecule has 7 heteroatoms. The number of nitrogens with zero attached hydrogens (tertiary/aromatic N) is 2. The third kappa shape index (κ3) is 2.73. The third-order valence-corrected chi connectivity index (χ3v) is 4.91. The first-order valence-electron chi connectivity index (χ1n) is 8.67. The van der Waals surface area contributed by atoms with Crippen molar-refractivity contribution in [1.29, 1.82) is 0 Å². The average Bonchev–Trinajstić information content (AvgIpc) is 3.27. The van der Waals surface area contributed by atoms with Crippen LogP contribution in [0.3, 0.4) is 0 Å². The normalized spacial score (nSPS) is 19.9. The Morgan fingerprint density at radius 1 is 1.31 bits per heavy atom. The Hall–Kier alpha value is -2.83. The van der Waals surface area contributed by atoms with Crippen molar-refractivity contribution in [1.82, 2.24) is 14.8 Å². The van der Waals surface area contributed by atoms with E-state index in [-0.39, 0.29) is 12.3 Å². The number of aryl methyl sites for hydroxylation is 1. The minimum absolute atomic E-state index is 0.257. The van der Waals surface area contributed by atoms with Crippen molar-refractivity contribution in [3.05, 3.63) is 47.2 Å². The molecule has 3 heterocycles. The van der Waals surface area contributed by atoms with Crippen LogP contribution >= 0.6 is 0 Å². The van der Waals surface area contributed by atoms with Crippen molar-refractivity contribution in [2.24, 2.45) is 0 Å². The monoisotopic (exact) mass is 357 g/mol. The van der Waals surface area contributed by atoms with Gasteiger partial charge in [0.15, 0.2) is 11.3 Å². The second-order valence-electron chi connectivity index (χ2n) is 6.78. The van der Waals surface area contributed by atoms with Gasteiger partial charge in [0.1, 0.15) is 5.76 Å². The van der Waals surface area contributed by atoms with Crippen molar-refractivity contribution in [2.75, 3.05) is 6.54 Å². The van der Waals surface area contributed by atoms with Gasteiger partial charge in [0.2, 0.25) is 0 Å². The summed E-state index contributed by atoms with van der Waals surface area (Å²) in [5.74, 6) is -0.410. The average molecular weight is 357 g/mol. The van der Waals surface area contributed by atoms with Crippen LogP contribution in [0.4, 0.5) is 4.79 Å². The second-order valence-corrected chi connectivity index (χ2v) is 6.78. The number of ketones is 1. The van der Waals surface area contributed by atoms with Gasteiger partial charge in [0.05, 0.1) is 12.8 Å². The molecule has 2 aromatic heterocycles. The number of Topliss-reactive ketones (excluding diaryl/α,β-unsaturated/α-hetero) is 1. The molecule has 0 aliphatic carbocycles. The van der Waals surface area contributed by atoms with Crippen LogP contribution in [0.2, 0.25) is 0 Å². The number of hydrogen-bond acceptors (Lipinski definition) is 4. The molecule has 26 heavy (non-hydrogen) atoms. The lowest BCUT2D eigenvalue weighted by Gasteiger charge is -2.18. The summed E-state index contributed by atoms with van der Waals surface area (Å²) >= 11 is 0. The number of aromatic nitrogens is 1. The molecule has 3 rings (SSSR count). The van der Waals surface area contributed by atoms with Crippen molar-refractivity contribution in [3.8, 4) is 0 Å². The van der Waals surface area contributed by atoms with E-state index < -0.39 is 17.5 Å². The van der Waals surface area contributed by atoms with Gasteiger partial charge in [-0.05, 0) is 45.4 Å². The largest absolute Gasteiger partial charge is 0.466 e. The Labute approximate surface area is 152 Å². The van der Waals surface area contributed by atoms with Crippen LogP contribution in [0.1, 0.15) is 47.8 Å². The summed E-state index contributed by atoms with van der Waals surface area (Å²) in [6.07, 6.45) is 2.40. The predicted octanol–water partition coefficient (Wildman–Crippen LogP) is 2.76. The highest BCUT2D eigenvalue weighted by atomic mass is 16.3. The van der Waals surface area contributed by atoms with Gasteiger partial charge in [-0.1, -0.05) is 6.92 Å². The standard InChI is InChI=1S/C19H23N3O4/c1-5-8-21-12(2)10-14(13(21)3)15(23)11-22-17(24)19(4,20-18(22)25)16-7-6-9-26-16/h6-7,9-10H,5,8,11H2,1-4H3,(H,20,25). The zero-order valence-corrected chi connectivity index (χ0v) is 15.5. The van der Waals surface area contributed by atoms with E-state index in [1.165, 1.54) is 6.26 Å². The molecule has 1 atom stereocenters. The van der Waals surface area contributed by atoms with Gasteiger partial charge in [0.25, 0.3) is 5.91 Å². The van der Waals surface area contributed by atoms with E-state index in [0.717, 1.165) is 29.3 Å². The minimum atomic E-state index is -1.29. The van der Waals surface area contributed by atoms with E-state index >= 15 is 0 Å². The molecule has 1 aliphatic rings. The van der Waals surface area contributed by atoms with Crippen LogP contribution in [0, 0.1) is 13.8 Å². The summed E-state index contributed by atoms with van der Waals surface area (Å²) in [5.41, 5.74) is 1.10. The fraction of sp³-hybridized carbons (Fsp3) is 0.421. The van der Waals surface area contributed by atoms with E-state index in [9.17, 15) is 14.4 Å². The molecule has 1 saturated heterocycles. The van der Waals surface area contributed by atoms with E-state index in [1.54, 1.807) is 19.1 Å². The van der Waals surface area contributed by atoms with Gasteiger partial charge >= 0.3 is 6.03 Å². The molecule has 1 aliphatic heterocycles. The highest BCUT2D eigenvalue weighted by molar-refractivity contribution is 6.11. The predicted molar refractivity (Wildman–Crippen MR) is 94.8 cm³/mol. The first kappa shape index (κ1) is 18.0. The summed E-state index contributed by atoms with van der Waals surface area (Å²) in [7, 11) is 0. The summed E-state index contributed by atoms with van der Waals surface area (Å²) in [6.45, 7) is 8.00. The number of carbonyl (C=O) groups is 3. The molecule has 0 bridgehead atoms. The SMILES string of the molecule is CCCn1c(C)cc(C(=O)CN2C(=O)NC(C)(c3ccco3)C2=O)c1C. The Morgan fingerprint density at radius 2 is 2.04 bits per heavy atom. The quantitative estimate of drug-likeness (QED) is 0.636. The van der Waals surface area contributed by atoms with E-state index in [2.05, 4.69) is 16.8 Å². The minimum Gasteiger partial charge on any atom is -0.466 e. The number of imide groups is 1. The Balaban J connectivity index is 1.83. The highest BCUT2D eigenvalue weighted by Crippen LogP contribution is 2.29. The maximum absolute atomic E-state index is 12.8. The maximum Gasteiger partial charge on any atom is 0.325 e. The number of furan rings is 1. The summed E-state index contributed by atoms with van der Waals surface area (Å²) < 4.78 is 7.37. The van der Waals surface area contributed by atoms with Gasteiger partial charge in [0, 0.05) is 23.5 Å². The van der Waals surface area contributed by atoms with Crippen LogP contribution in [-0.2, 0) is 16.9 Å². The van der Waals surface area contributed by atoms with Gasteiger partial charge in [-0.25, -0.2) is 4.79 Å². The zero-order chi connectivity index (χ0) is 19.1.